The molecule has 4 rings (SSSR count). The van der Waals surface area contributed by atoms with E-state index in [-0.39, 0.29) is 0 Å². The summed E-state index contributed by atoms with van der Waals surface area (Å²) in [5.41, 5.74) is -2.23. The molecule has 5 unspecified atom stereocenters. The van der Waals surface area contributed by atoms with Gasteiger partial charge in [0.15, 0.2) is 5.54 Å². The minimum Gasteiger partial charge on any atom is -0.480 e. The van der Waals surface area contributed by atoms with Crippen LogP contribution in [0.2, 0.25) is 0 Å². The van der Waals surface area contributed by atoms with Crippen LogP contribution in [-0.4, -0.2) is 50.1 Å². The Labute approximate surface area is 167 Å². The molecule has 29 heavy (non-hydrogen) atoms. The first-order valence-corrected chi connectivity index (χ1v) is 9.55. The summed E-state index contributed by atoms with van der Waals surface area (Å²) < 4.78 is 5.90. The molecule has 1 aromatic heterocycles. The van der Waals surface area contributed by atoms with Crippen LogP contribution in [0.1, 0.15) is 39.5 Å². The van der Waals surface area contributed by atoms with Gasteiger partial charge in [-0.3, -0.25) is 24.6 Å². The molecule has 8 nitrogen and oxygen atoms in total. The highest BCUT2D eigenvalue weighted by molar-refractivity contribution is 6.10. The molecule has 2 amide bonds. The highest BCUT2D eigenvalue weighted by Crippen LogP contribution is 2.51. The molecular weight excluding hydrogens is 376 g/mol. The second-order valence-electron chi connectivity index (χ2n) is 8.84. The Kier molecular flexibility index (Phi) is 4.15. The topological polar surface area (TPSA) is 120 Å². The molecule has 2 aliphatic heterocycles. The van der Waals surface area contributed by atoms with Crippen molar-refractivity contribution in [3.05, 3.63) is 36.1 Å². The molecule has 1 aromatic carbocycles. The number of amides is 2. The van der Waals surface area contributed by atoms with Crippen LogP contribution in [0.15, 0.2) is 34.7 Å². The predicted octanol–water partition coefficient (Wildman–Crippen LogP) is 1.68. The smallest absolute Gasteiger partial charge is 0.327 e. The number of carbonyl (C=O) groups excluding carboxylic acids is 2. The summed E-state index contributed by atoms with van der Waals surface area (Å²) in [6, 6.07) is 8.15. The number of carboxylic acids is 1. The van der Waals surface area contributed by atoms with Crippen molar-refractivity contribution in [1.29, 1.82) is 0 Å². The van der Waals surface area contributed by atoms with Gasteiger partial charge in [-0.25, -0.2) is 0 Å². The van der Waals surface area contributed by atoms with E-state index in [1.807, 2.05) is 18.2 Å². The number of nitrogens with zero attached hydrogens (tertiary/aromatic N) is 1. The largest absolute Gasteiger partial charge is 0.480 e. The van der Waals surface area contributed by atoms with Crippen molar-refractivity contribution in [2.45, 2.75) is 50.9 Å². The van der Waals surface area contributed by atoms with E-state index in [1.54, 1.807) is 32.9 Å². The first-order valence-electron chi connectivity index (χ1n) is 9.55. The summed E-state index contributed by atoms with van der Waals surface area (Å²) in [6.45, 7) is 6.48. The molecule has 3 N–H and O–H groups in total. The van der Waals surface area contributed by atoms with Gasteiger partial charge < -0.3 is 14.6 Å². The third-order valence-corrected chi connectivity index (χ3v) is 6.03. The van der Waals surface area contributed by atoms with Crippen LogP contribution in [0.4, 0.5) is 0 Å². The summed E-state index contributed by atoms with van der Waals surface area (Å²) in [6.07, 6.45) is -1.42. The molecule has 2 aliphatic rings. The lowest BCUT2D eigenvalue weighted by molar-refractivity contribution is -0.158. The van der Waals surface area contributed by atoms with E-state index in [2.05, 4.69) is 5.32 Å². The zero-order chi connectivity index (χ0) is 21.3. The third kappa shape index (κ3) is 2.55. The Bertz CT molecular complexity index is 987. The average Bonchev–Trinajstić information content (AvgIpc) is 3.26. The van der Waals surface area contributed by atoms with Gasteiger partial charge in [0.2, 0.25) is 11.8 Å². The molecule has 2 saturated heterocycles. The highest BCUT2D eigenvalue weighted by Gasteiger charge is 2.71. The summed E-state index contributed by atoms with van der Waals surface area (Å²) in [7, 11) is 0. The number of nitrogens with one attached hydrogen (secondary N) is 1. The van der Waals surface area contributed by atoms with Gasteiger partial charge in [-0.15, -0.1) is 0 Å². The van der Waals surface area contributed by atoms with Crippen LogP contribution in [0, 0.1) is 11.8 Å². The number of para-hydroxylation sites is 1. The number of hydrogen-bond donors (Lipinski definition) is 3. The third-order valence-electron chi connectivity index (χ3n) is 6.03. The van der Waals surface area contributed by atoms with Crippen LogP contribution in [-0.2, 0) is 14.4 Å². The number of aliphatic carboxylic acids is 1. The molecule has 2 fully saturated rings. The number of furan rings is 1. The zero-order valence-corrected chi connectivity index (χ0v) is 16.7. The number of benzene rings is 1. The number of imide groups is 1. The number of likely N-dealkylation sites (tertiary alicyclic amines) is 1. The monoisotopic (exact) mass is 400 g/mol. The first-order chi connectivity index (χ1) is 13.5. The summed E-state index contributed by atoms with van der Waals surface area (Å²) >= 11 is 0. The molecule has 2 aromatic rings. The minimum absolute atomic E-state index is 0.363. The van der Waals surface area contributed by atoms with Gasteiger partial charge in [0.1, 0.15) is 11.3 Å². The molecule has 0 aliphatic carbocycles. The molecule has 0 spiro atoms. The Hall–Kier alpha value is -2.71. The van der Waals surface area contributed by atoms with E-state index in [0.29, 0.717) is 11.3 Å². The van der Waals surface area contributed by atoms with Crippen LogP contribution >= 0.6 is 0 Å². The standard InChI is InChI=1S/C21H24N2O6/c1-10(24)21(19(27)28)15-14(17(25)23(18(15)26)20(2,3)4)16(22-21)13-9-11-7-5-6-8-12(11)29-13/h5-10,14-16,22,24H,1-4H3,(H,27,28). The quantitative estimate of drug-likeness (QED) is 0.671. The molecule has 0 radical (unpaired) electrons. The Morgan fingerprint density at radius 2 is 1.90 bits per heavy atom. The number of aliphatic hydroxyl groups is 1. The Morgan fingerprint density at radius 1 is 1.24 bits per heavy atom. The fourth-order valence-corrected chi connectivity index (χ4v) is 4.76. The van der Waals surface area contributed by atoms with Gasteiger partial charge in [0, 0.05) is 10.9 Å². The number of carboxylic acid groups (broad SMARTS) is 1. The van der Waals surface area contributed by atoms with Gasteiger partial charge in [0.05, 0.1) is 24.0 Å². The van der Waals surface area contributed by atoms with Crippen molar-refractivity contribution < 1.29 is 29.0 Å². The summed E-state index contributed by atoms with van der Waals surface area (Å²) in [5, 5.41) is 24.2. The van der Waals surface area contributed by atoms with Gasteiger partial charge in [-0.05, 0) is 39.8 Å². The fourth-order valence-electron chi connectivity index (χ4n) is 4.76. The predicted molar refractivity (Wildman–Crippen MR) is 103 cm³/mol. The van der Waals surface area contributed by atoms with Crippen LogP contribution < -0.4 is 5.32 Å². The summed E-state index contributed by atoms with van der Waals surface area (Å²) in [5.74, 6) is -4.31. The molecule has 154 valence electrons. The molecule has 5 atom stereocenters. The number of rotatable bonds is 3. The van der Waals surface area contributed by atoms with E-state index in [4.69, 9.17) is 4.42 Å². The number of aliphatic hydroxyl groups excluding tert-OH is 1. The maximum Gasteiger partial charge on any atom is 0.327 e. The molecular formula is C21H24N2O6. The molecule has 3 heterocycles. The van der Waals surface area contributed by atoms with Gasteiger partial charge in [-0.1, -0.05) is 18.2 Å². The number of fused-ring (bicyclic) bond motifs is 2. The van der Waals surface area contributed by atoms with E-state index in [0.717, 1.165) is 10.3 Å². The fraction of sp³-hybridized carbons (Fsp3) is 0.476. The van der Waals surface area contributed by atoms with Gasteiger partial charge in [-0.2, -0.15) is 0 Å². The van der Waals surface area contributed by atoms with Crippen molar-refractivity contribution >= 4 is 28.8 Å². The van der Waals surface area contributed by atoms with Gasteiger partial charge in [0.25, 0.3) is 0 Å². The highest BCUT2D eigenvalue weighted by atomic mass is 16.4. The van der Waals surface area contributed by atoms with E-state index >= 15 is 0 Å². The van der Waals surface area contributed by atoms with Crippen molar-refractivity contribution in [2.75, 3.05) is 0 Å². The maximum atomic E-state index is 13.3. The Balaban J connectivity index is 1.91. The lowest BCUT2D eigenvalue weighted by Gasteiger charge is -2.36. The van der Waals surface area contributed by atoms with Crippen LogP contribution in [0.5, 0.6) is 0 Å². The lowest BCUT2D eigenvalue weighted by atomic mass is 9.77. The average molecular weight is 400 g/mol. The zero-order valence-electron chi connectivity index (χ0n) is 16.7. The van der Waals surface area contributed by atoms with Crippen LogP contribution in [0.25, 0.3) is 11.0 Å². The van der Waals surface area contributed by atoms with E-state index < -0.39 is 52.8 Å². The first kappa shape index (κ1) is 19.6. The summed E-state index contributed by atoms with van der Waals surface area (Å²) in [4.78, 5) is 40.1. The number of carbonyl (C=O) groups is 3. The van der Waals surface area contributed by atoms with Crippen molar-refractivity contribution in [3.63, 3.8) is 0 Å². The second-order valence-corrected chi connectivity index (χ2v) is 8.84. The van der Waals surface area contributed by atoms with Crippen molar-refractivity contribution in [1.82, 2.24) is 10.2 Å². The van der Waals surface area contributed by atoms with Gasteiger partial charge >= 0.3 is 5.97 Å². The Morgan fingerprint density at radius 3 is 2.45 bits per heavy atom. The molecule has 8 heteroatoms. The van der Waals surface area contributed by atoms with Crippen molar-refractivity contribution in [3.8, 4) is 0 Å². The van der Waals surface area contributed by atoms with E-state index in [9.17, 15) is 24.6 Å². The second kappa shape index (κ2) is 6.14. The lowest BCUT2D eigenvalue weighted by Crippen LogP contribution is -2.63. The maximum absolute atomic E-state index is 13.3. The van der Waals surface area contributed by atoms with E-state index in [1.165, 1.54) is 6.92 Å². The molecule has 0 bridgehead atoms. The number of hydrogen-bond acceptors (Lipinski definition) is 6. The van der Waals surface area contributed by atoms with Crippen molar-refractivity contribution in [2.24, 2.45) is 11.8 Å². The minimum atomic E-state index is -2.00. The SMILES string of the molecule is CC(O)C1(C(=O)O)NC(c2cc3ccccc3o2)C2C(=O)N(C(C)(C)C)C(=O)C21. The normalized spacial score (nSPS) is 30.8. The molecule has 0 saturated carbocycles. The van der Waals surface area contributed by atoms with Crippen LogP contribution in [0.3, 0.4) is 0 Å².